The molecule has 1 fully saturated rings. The largest absolute Gasteiger partial charge is 0.507 e. The van der Waals surface area contributed by atoms with Crippen LogP contribution in [0, 0.1) is 12.8 Å². The highest BCUT2D eigenvalue weighted by Gasteiger charge is 2.46. The number of para-hydroxylation sites is 1. The zero-order valence-corrected chi connectivity index (χ0v) is 21.3. The molecule has 1 saturated heterocycles. The summed E-state index contributed by atoms with van der Waals surface area (Å²) in [4.78, 5) is 27.8. The van der Waals surface area contributed by atoms with Crippen molar-refractivity contribution in [2.75, 3.05) is 26.9 Å². The Kier molecular flexibility index (Phi) is 8.57. The monoisotopic (exact) mass is 481 g/mol. The van der Waals surface area contributed by atoms with E-state index in [1.807, 2.05) is 32.9 Å². The molecule has 1 aliphatic rings. The minimum atomic E-state index is -0.806. The van der Waals surface area contributed by atoms with E-state index in [4.69, 9.17) is 14.2 Å². The Morgan fingerprint density at radius 3 is 2.40 bits per heavy atom. The summed E-state index contributed by atoms with van der Waals surface area (Å²) in [5.74, 6) is -0.0373. The first kappa shape index (κ1) is 26.3. The molecule has 1 unspecified atom stereocenters. The quantitative estimate of drug-likeness (QED) is 0.296. The van der Waals surface area contributed by atoms with Gasteiger partial charge in [-0.05, 0) is 56.5 Å². The van der Waals surface area contributed by atoms with Crippen LogP contribution in [0.25, 0.3) is 5.76 Å². The Labute approximate surface area is 207 Å². The molecule has 1 amide bonds. The average Bonchev–Trinajstić information content (AvgIpc) is 3.07. The van der Waals surface area contributed by atoms with Crippen LogP contribution in [0.1, 0.15) is 50.4 Å². The van der Waals surface area contributed by atoms with Gasteiger partial charge in [0.15, 0.2) is 0 Å². The molecule has 7 heteroatoms. The number of hydrogen-bond acceptors (Lipinski definition) is 6. The third-order valence-electron chi connectivity index (χ3n) is 5.78. The van der Waals surface area contributed by atoms with E-state index < -0.39 is 17.7 Å². The van der Waals surface area contributed by atoms with E-state index >= 15 is 0 Å². The molecular formula is C28H35NO6. The van der Waals surface area contributed by atoms with Crippen molar-refractivity contribution >= 4 is 17.4 Å². The molecule has 2 aromatic rings. The third kappa shape index (κ3) is 5.85. The molecule has 7 nitrogen and oxygen atoms in total. The summed E-state index contributed by atoms with van der Waals surface area (Å²) >= 11 is 0. The maximum Gasteiger partial charge on any atom is 0.295 e. The predicted molar refractivity (Wildman–Crippen MR) is 135 cm³/mol. The summed E-state index contributed by atoms with van der Waals surface area (Å²) in [6.45, 7) is 10.9. The van der Waals surface area contributed by atoms with E-state index in [-0.39, 0.29) is 30.6 Å². The van der Waals surface area contributed by atoms with Crippen LogP contribution in [-0.4, -0.2) is 54.7 Å². The number of hydrogen-bond donors (Lipinski definition) is 1. The lowest BCUT2D eigenvalue weighted by Crippen LogP contribution is -2.33. The number of ketones is 1. The number of ether oxygens (including phenoxy) is 3. The minimum absolute atomic E-state index is 0.0177. The Bertz CT molecular complexity index is 1100. The maximum atomic E-state index is 13.2. The van der Waals surface area contributed by atoms with Crippen LogP contribution in [0.3, 0.4) is 0 Å². The van der Waals surface area contributed by atoms with Gasteiger partial charge in [-0.1, -0.05) is 32.0 Å². The van der Waals surface area contributed by atoms with E-state index in [0.29, 0.717) is 35.2 Å². The first-order valence-corrected chi connectivity index (χ1v) is 11.9. The smallest absolute Gasteiger partial charge is 0.295 e. The van der Waals surface area contributed by atoms with Gasteiger partial charge in [-0.3, -0.25) is 9.59 Å². The molecule has 2 aromatic carbocycles. The lowest BCUT2D eigenvalue weighted by molar-refractivity contribution is -0.140. The van der Waals surface area contributed by atoms with E-state index in [0.717, 1.165) is 5.56 Å². The Morgan fingerprint density at radius 1 is 1.06 bits per heavy atom. The number of methoxy groups -OCH3 is 1. The highest BCUT2D eigenvalue weighted by Crippen LogP contribution is 2.42. The van der Waals surface area contributed by atoms with Crippen LogP contribution in [0.4, 0.5) is 0 Å². The standard InChI is InChI=1S/C28H35NO6/c1-17(2)16-35-22-12-11-20(15-19(22)5)26(30)24-25(21-9-7-8-10-23(21)33-6)29(28(32)27(24)31)13-14-34-18(3)4/h7-12,15,17-18,25,30H,13-14,16H2,1-6H3/b26-24+. The van der Waals surface area contributed by atoms with Crippen molar-refractivity contribution in [3.63, 3.8) is 0 Å². The predicted octanol–water partition coefficient (Wildman–Crippen LogP) is 4.89. The Morgan fingerprint density at radius 2 is 1.77 bits per heavy atom. The van der Waals surface area contributed by atoms with Crippen molar-refractivity contribution < 1.29 is 28.9 Å². The summed E-state index contributed by atoms with van der Waals surface area (Å²) < 4.78 is 17.0. The molecule has 1 N–H and O–H groups in total. The van der Waals surface area contributed by atoms with Crippen LogP contribution in [-0.2, 0) is 14.3 Å². The van der Waals surface area contributed by atoms with Gasteiger partial charge in [-0.25, -0.2) is 0 Å². The van der Waals surface area contributed by atoms with Gasteiger partial charge in [0.05, 0.1) is 38.0 Å². The van der Waals surface area contributed by atoms with Crippen molar-refractivity contribution in [2.45, 2.75) is 46.8 Å². The fourth-order valence-electron chi connectivity index (χ4n) is 4.08. The van der Waals surface area contributed by atoms with Gasteiger partial charge in [0.25, 0.3) is 11.7 Å². The summed E-state index contributed by atoms with van der Waals surface area (Å²) in [6, 6.07) is 11.6. The normalized spacial score (nSPS) is 17.5. The molecule has 188 valence electrons. The molecule has 0 saturated carbocycles. The molecule has 1 atom stereocenters. The molecule has 0 spiro atoms. The maximum absolute atomic E-state index is 13.2. The van der Waals surface area contributed by atoms with Gasteiger partial charge in [0.1, 0.15) is 17.3 Å². The third-order valence-corrected chi connectivity index (χ3v) is 5.78. The van der Waals surface area contributed by atoms with E-state index in [2.05, 4.69) is 13.8 Å². The van der Waals surface area contributed by atoms with Gasteiger partial charge in [0, 0.05) is 17.7 Å². The van der Waals surface area contributed by atoms with Gasteiger partial charge < -0.3 is 24.2 Å². The van der Waals surface area contributed by atoms with E-state index in [1.165, 1.54) is 12.0 Å². The topological polar surface area (TPSA) is 85.3 Å². The van der Waals surface area contributed by atoms with Crippen molar-refractivity contribution in [1.82, 2.24) is 4.90 Å². The fourth-order valence-corrected chi connectivity index (χ4v) is 4.08. The summed E-state index contributed by atoms with van der Waals surface area (Å²) in [5, 5.41) is 11.3. The first-order chi connectivity index (χ1) is 16.6. The molecule has 0 aromatic heterocycles. The molecule has 35 heavy (non-hydrogen) atoms. The van der Waals surface area contributed by atoms with Crippen LogP contribution >= 0.6 is 0 Å². The average molecular weight is 482 g/mol. The number of carbonyl (C=O) groups excluding carboxylic acids is 2. The van der Waals surface area contributed by atoms with Crippen molar-refractivity contribution in [2.24, 2.45) is 5.92 Å². The highest BCUT2D eigenvalue weighted by molar-refractivity contribution is 6.46. The first-order valence-electron chi connectivity index (χ1n) is 11.9. The van der Waals surface area contributed by atoms with Crippen molar-refractivity contribution in [1.29, 1.82) is 0 Å². The van der Waals surface area contributed by atoms with Gasteiger partial charge in [0.2, 0.25) is 0 Å². The Balaban J connectivity index is 2.08. The molecule has 1 heterocycles. The SMILES string of the molecule is COc1ccccc1C1/C(=C(\O)c2ccc(OCC(C)C)c(C)c2)C(=O)C(=O)N1CCOC(C)C. The fraction of sp³-hybridized carbons (Fsp3) is 0.429. The zero-order valence-electron chi connectivity index (χ0n) is 21.3. The van der Waals surface area contributed by atoms with Crippen LogP contribution in [0.2, 0.25) is 0 Å². The number of likely N-dealkylation sites (tertiary alicyclic amines) is 1. The molecule has 0 radical (unpaired) electrons. The zero-order chi connectivity index (χ0) is 25.7. The van der Waals surface area contributed by atoms with Crippen molar-refractivity contribution in [3.8, 4) is 11.5 Å². The second-order valence-corrected chi connectivity index (χ2v) is 9.34. The second-order valence-electron chi connectivity index (χ2n) is 9.34. The molecule has 0 aliphatic carbocycles. The second kappa shape index (κ2) is 11.4. The molecule has 3 rings (SSSR count). The van der Waals surface area contributed by atoms with E-state index in [9.17, 15) is 14.7 Å². The van der Waals surface area contributed by atoms with Crippen molar-refractivity contribution in [3.05, 3.63) is 64.7 Å². The summed E-state index contributed by atoms with van der Waals surface area (Å²) in [5.41, 5.74) is 1.91. The van der Waals surface area contributed by atoms with E-state index in [1.54, 1.807) is 30.3 Å². The number of carbonyl (C=O) groups is 2. The number of Topliss-reactive ketones (excluding diaryl/α,β-unsaturated/α-hetero) is 1. The molecule has 1 aliphatic heterocycles. The summed E-state index contributed by atoms with van der Waals surface area (Å²) in [7, 11) is 1.53. The number of nitrogens with zero attached hydrogens (tertiary/aromatic N) is 1. The lowest BCUT2D eigenvalue weighted by Gasteiger charge is -2.26. The number of rotatable bonds is 10. The van der Waals surface area contributed by atoms with Gasteiger partial charge in [-0.15, -0.1) is 0 Å². The van der Waals surface area contributed by atoms with Crippen LogP contribution in [0.15, 0.2) is 48.0 Å². The Hall–Kier alpha value is -3.32. The molecule has 0 bridgehead atoms. The van der Waals surface area contributed by atoms with Crippen LogP contribution in [0.5, 0.6) is 11.5 Å². The highest BCUT2D eigenvalue weighted by atomic mass is 16.5. The van der Waals surface area contributed by atoms with Crippen LogP contribution < -0.4 is 9.47 Å². The molecular weight excluding hydrogens is 446 g/mol. The number of aliphatic hydroxyl groups excluding tert-OH is 1. The number of aliphatic hydroxyl groups is 1. The van der Waals surface area contributed by atoms with Gasteiger partial charge >= 0.3 is 0 Å². The number of aryl methyl sites for hydroxylation is 1. The lowest BCUT2D eigenvalue weighted by atomic mass is 9.94. The minimum Gasteiger partial charge on any atom is -0.507 e. The summed E-state index contributed by atoms with van der Waals surface area (Å²) in [6.07, 6.45) is -0.0177. The van der Waals surface area contributed by atoms with Gasteiger partial charge in [-0.2, -0.15) is 0 Å². The number of benzene rings is 2. The number of amides is 1.